The Morgan fingerprint density at radius 3 is 2.62 bits per heavy atom. The van der Waals surface area contributed by atoms with Crippen LogP contribution in [0.4, 0.5) is 4.79 Å². The maximum atomic E-state index is 12.1. The van der Waals surface area contributed by atoms with Gasteiger partial charge < -0.3 is 29.9 Å². The minimum atomic E-state index is -1.37. The summed E-state index contributed by atoms with van der Waals surface area (Å²) >= 11 is 0. The molecule has 21 heavy (non-hydrogen) atoms. The Balaban J connectivity index is 2.64. The number of aliphatic hydroxyl groups is 1. The number of methoxy groups -OCH3 is 1. The van der Waals surface area contributed by atoms with Crippen LogP contribution in [0.2, 0.25) is 0 Å². The van der Waals surface area contributed by atoms with Crippen molar-refractivity contribution < 1.29 is 34.1 Å². The first-order valence-corrected chi connectivity index (χ1v) is 6.48. The van der Waals surface area contributed by atoms with Gasteiger partial charge in [0.05, 0.1) is 38.9 Å². The molecule has 3 atom stereocenters. The van der Waals surface area contributed by atoms with E-state index in [0.29, 0.717) is 0 Å². The van der Waals surface area contributed by atoms with Gasteiger partial charge in [0, 0.05) is 6.54 Å². The molecule has 0 radical (unpaired) electrons. The van der Waals surface area contributed by atoms with Crippen LogP contribution in [0.25, 0.3) is 0 Å². The monoisotopic (exact) mass is 304 g/mol. The summed E-state index contributed by atoms with van der Waals surface area (Å²) in [5.41, 5.74) is 0. The molecule has 0 spiro atoms. The van der Waals surface area contributed by atoms with E-state index in [-0.39, 0.29) is 25.8 Å². The molecular formula is C12H20N2O7. The van der Waals surface area contributed by atoms with E-state index in [4.69, 9.17) is 14.9 Å². The minimum absolute atomic E-state index is 0.150. The lowest BCUT2D eigenvalue weighted by molar-refractivity contribution is -0.147. The number of ether oxygens (including phenoxy) is 2. The summed E-state index contributed by atoms with van der Waals surface area (Å²) < 4.78 is 9.78. The van der Waals surface area contributed by atoms with Gasteiger partial charge in [-0.1, -0.05) is 0 Å². The zero-order valence-electron chi connectivity index (χ0n) is 11.9. The van der Waals surface area contributed by atoms with Gasteiger partial charge >= 0.3 is 18.0 Å². The van der Waals surface area contributed by atoms with Crippen LogP contribution >= 0.6 is 0 Å². The van der Waals surface area contributed by atoms with Gasteiger partial charge in [0.15, 0.2) is 0 Å². The van der Waals surface area contributed by atoms with Gasteiger partial charge in [0.1, 0.15) is 6.04 Å². The highest BCUT2D eigenvalue weighted by atomic mass is 16.5. The van der Waals surface area contributed by atoms with Crippen molar-refractivity contribution in [2.45, 2.75) is 31.6 Å². The number of hydrogen-bond donors (Lipinski definition) is 3. The first-order chi connectivity index (χ1) is 9.87. The van der Waals surface area contributed by atoms with Crippen molar-refractivity contribution in [3.63, 3.8) is 0 Å². The summed E-state index contributed by atoms with van der Waals surface area (Å²) in [5, 5.41) is 20.4. The number of carbonyl (C=O) groups is 3. The van der Waals surface area contributed by atoms with E-state index < -0.39 is 36.5 Å². The lowest BCUT2D eigenvalue weighted by atomic mass is 10.2. The molecule has 1 rings (SSSR count). The number of carboxylic acid groups (broad SMARTS) is 1. The normalized spacial score (nSPS) is 23.3. The SMILES string of the molecule is COC(=O)C[C@H](NC(=O)N1CC(C)OC(CO)C1)C(=O)O. The Kier molecular flexibility index (Phi) is 6.38. The van der Waals surface area contributed by atoms with Crippen molar-refractivity contribution in [3.8, 4) is 0 Å². The van der Waals surface area contributed by atoms with Crippen LogP contribution in [0.15, 0.2) is 0 Å². The summed E-state index contributed by atoms with van der Waals surface area (Å²) in [7, 11) is 1.14. The molecule has 0 bridgehead atoms. The van der Waals surface area contributed by atoms with Crippen LogP contribution in [0.1, 0.15) is 13.3 Å². The van der Waals surface area contributed by atoms with Crippen LogP contribution in [0.3, 0.4) is 0 Å². The number of hydrogen-bond acceptors (Lipinski definition) is 6. The number of carbonyl (C=O) groups excluding carboxylic acids is 2. The number of esters is 1. The standard InChI is InChI=1S/C12H20N2O7/c1-7-4-14(5-8(6-15)21-7)12(19)13-9(11(17)18)3-10(16)20-2/h7-9,15H,3-6H2,1-2H3,(H,13,19)(H,17,18)/t7?,8?,9-/m0/s1. The molecule has 1 fully saturated rings. The second kappa shape index (κ2) is 7.79. The number of nitrogens with zero attached hydrogens (tertiary/aromatic N) is 1. The minimum Gasteiger partial charge on any atom is -0.480 e. The second-order valence-electron chi connectivity index (χ2n) is 4.78. The average molecular weight is 304 g/mol. The summed E-state index contributed by atoms with van der Waals surface area (Å²) in [6.07, 6.45) is -1.24. The summed E-state index contributed by atoms with van der Waals surface area (Å²) in [6, 6.07) is -1.99. The van der Waals surface area contributed by atoms with E-state index in [9.17, 15) is 14.4 Å². The quantitative estimate of drug-likeness (QED) is 0.544. The number of aliphatic hydroxyl groups excluding tert-OH is 1. The fraction of sp³-hybridized carbons (Fsp3) is 0.750. The number of carboxylic acids is 1. The number of aliphatic carboxylic acids is 1. The molecule has 0 aromatic rings. The Labute approximate surface area is 121 Å². The highest BCUT2D eigenvalue weighted by molar-refractivity contribution is 5.86. The molecule has 9 heteroatoms. The van der Waals surface area contributed by atoms with E-state index >= 15 is 0 Å². The molecule has 1 aliphatic heterocycles. The van der Waals surface area contributed by atoms with E-state index in [1.807, 2.05) is 0 Å². The molecule has 120 valence electrons. The van der Waals surface area contributed by atoms with Crippen LogP contribution in [-0.4, -0.2) is 78.1 Å². The van der Waals surface area contributed by atoms with Gasteiger partial charge in [0.25, 0.3) is 0 Å². The molecule has 1 heterocycles. The van der Waals surface area contributed by atoms with Crippen molar-refractivity contribution in [2.75, 3.05) is 26.8 Å². The van der Waals surface area contributed by atoms with Crippen molar-refractivity contribution in [1.29, 1.82) is 0 Å². The zero-order valence-corrected chi connectivity index (χ0v) is 11.9. The summed E-state index contributed by atoms with van der Waals surface area (Å²) in [6.45, 7) is 1.92. The van der Waals surface area contributed by atoms with Crippen LogP contribution in [0, 0.1) is 0 Å². The second-order valence-corrected chi connectivity index (χ2v) is 4.78. The number of nitrogens with one attached hydrogen (secondary N) is 1. The van der Waals surface area contributed by atoms with E-state index in [0.717, 1.165) is 7.11 Å². The molecule has 0 aromatic heterocycles. The maximum Gasteiger partial charge on any atom is 0.326 e. The fourth-order valence-electron chi connectivity index (χ4n) is 2.00. The summed E-state index contributed by atoms with van der Waals surface area (Å²) in [4.78, 5) is 35.6. The predicted octanol–water partition coefficient (Wildman–Crippen LogP) is -1.21. The lowest BCUT2D eigenvalue weighted by Crippen LogP contribution is -2.56. The number of rotatable bonds is 5. The number of morpholine rings is 1. The molecule has 9 nitrogen and oxygen atoms in total. The predicted molar refractivity (Wildman–Crippen MR) is 69.6 cm³/mol. The van der Waals surface area contributed by atoms with Crippen LogP contribution < -0.4 is 5.32 Å². The van der Waals surface area contributed by atoms with E-state index in [1.54, 1.807) is 6.92 Å². The highest BCUT2D eigenvalue weighted by Gasteiger charge is 2.31. The zero-order chi connectivity index (χ0) is 16.0. The Bertz CT molecular complexity index is 401. The summed E-state index contributed by atoms with van der Waals surface area (Å²) in [5.74, 6) is -2.06. The largest absolute Gasteiger partial charge is 0.480 e. The molecular weight excluding hydrogens is 284 g/mol. The average Bonchev–Trinajstić information content (AvgIpc) is 2.45. The van der Waals surface area contributed by atoms with Crippen molar-refractivity contribution in [1.82, 2.24) is 10.2 Å². The molecule has 0 aliphatic carbocycles. The van der Waals surface area contributed by atoms with Crippen molar-refractivity contribution in [3.05, 3.63) is 0 Å². The van der Waals surface area contributed by atoms with Gasteiger partial charge in [-0.2, -0.15) is 0 Å². The molecule has 0 saturated carbocycles. The number of amides is 2. The van der Waals surface area contributed by atoms with Gasteiger partial charge in [-0.25, -0.2) is 9.59 Å². The number of urea groups is 1. The Morgan fingerprint density at radius 2 is 2.10 bits per heavy atom. The topological polar surface area (TPSA) is 125 Å². The lowest BCUT2D eigenvalue weighted by Gasteiger charge is -2.36. The van der Waals surface area contributed by atoms with Crippen LogP contribution in [0.5, 0.6) is 0 Å². The van der Waals surface area contributed by atoms with Gasteiger partial charge in [-0.3, -0.25) is 4.79 Å². The highest BCUT2D eigenvalue weighted by Crippen LogP contribution is 2.11. The van der Waals surface area contributed by atoms with E-state index in [1.165, 1.54) is 4.90 Å². The molecule has 2 unspecified atom stereocenters. The molecule has 1 aliphatic rings. The molecule has 1 saturated heterocycles. The smallest absolute Gasteiger partial charge is 0.326 e. The third-order valence-corrected chi connectivity index (χ3v) is 3.01. The molecule has 0 aromatic carbocycles. The third-order valence-electron chi connectivity index (χ3n) is 3.01. The third kappa shape index (κ3) is 5.20. The van der Waals surface area contributed by atoms with Crippen LogP contribution in [-0.2, 0) is 19.1 Å². The van der Waals surface area contributed by atoms with Gasteiger partial charge in [-0.15, -0.1) is 0 Å². The Morgan fingerprint density at radius 1 is 1.43 bits per heavy atom. The van der Waals surface area contributed by atoms with Crippen molar-refractivity contribution >= 4 is 18.0 Å². The van der Waals surface area contributed by atoms with E-state index in [2.05, 4.69) is 10.1 Å². The van der Waals surface area contributed by atoms with Gasteiger partial charge in [-0.05, 0) is 6.92 Å². The molecule has 2 amide bonds. The van der Waals surface area contributed by atoms with Crippen molar-refractivity contribution in [2.24, 2.45) is 0 Å². The Hall–Kier alpha value is -1.87. The maximum absolute atomic E-state index is 12.1. The first kappa shape index (κ1) is 17.2. The van der Waals surface area contributed by atoms with Gasteiger partial charge in [0.2, 0.25) is 0 Å². The fourth-order valence-corrected chi connectivity index (χ4v) is 2.00. The molecule has 3 N–H and O–H groups in total. The first-order valence-electron chi connectivity index (χ1n) is 6.48.